The van der Waals surface area contributed by atoms with E-state index in [-0.39, 0.29) is 0 Å². The number of hydrogen-bond acceptors (Lipinski definition) is 4. The molecule has 2 unspecified atom stereocenters. The van der Waals surface area contributed by atoms with Gasteiger partial charge in [-0.15, -0.1) is 0 Å². The van der Waals surface area contributed by atoms with Crippen molar-refractivity contribution >= 4 is 0 Å². The summed E-state index contributed by atoms with van der Waals surface area (Å²) in [5, 5.41) is 9.99. The van der Waals surface area contributed by atoms with Crippen molar-refractivity contribution in [2.24, 2.45) is 11.7 Å². The molecule has 0 aromatic carbocycles. The number of aromatic nitrogens is 1. The molecule has 0 bridgehead atoms. The van der Waals surface area contributed by atoms with Gasteiger partial charge in [0, 0.05) is 18.3 Å². The van der Waals surface area contributed by atoms with E-state index in [1.54, 1.807) is 6.07 Å². The number of nitrogens with zero attached hydrogens (tertiary/aromatic N) is 2. The number of rotatable bonds is 5. The molecule has 4 nitrogen and oxygen atoms in total. The number of hydrogen-bond donors (Lipinski definition) is 2. The van der Waals surface area contributed by atoms with Crippen molar-refractivity contribution in [1.29, 1.82) is 0 Å². The van der Waals surface area contributed by atoms with E-state index in [1.807, 2.05) is 13.0 Å². The molecule has 2 atom stereocenters. The van der Waals surface area contributed by atoms with E-state index in [0.717, 1.165) is 24.5 Å². The number of aryl methyl sites for hydroxylation is 1. The third-order valence-electron chi connectivity index (χ3n) is 4.49. The molecule has 1 aliphatic rings. The second kappa shape index (κ2) is 7.04. The summed E-state index contributed by atoms with van der Waals surface area (Å²) >= 11 is 0. The van der Waals surface area contributed by atoms with Gasteiger partial charge in [0.25, 0.3) is 0 Å². The Morgan fingerprint density at radius 1 is 1.35 bits per heavy atom. The second-order valence-electron chi connectivity index (χ2n) is 5.83. The van der Waals surface area contributed by atoms with Crippen LogP contribution in [0.2, 0.25) is 0 Å². The lowest BCUT2D eigenvalue weighted by molar-refractivity contribution is 0.103. The van der Waals surface area contributed by atoms with Gasteiger partial charge in [-0.1, -0.05) is 19.8 Å². The highest BCUT2D eigenvalue weighted by Gasteiger charge is 2.29. The van der Waals surface area contributed by atoms with Gasteiger partial charge in [0.1, 0.15) is 5.75 Å². The van der Waals surface area contributed by atoms with Crippen LogP contribution in [-0.4, -0.2) is 34.1 Å². The van der Waals surface area contributed by atoms with Crippen molar-refractivity contribution < 1.29 is 5.11 Å². The minimum atomic E-state index is 0.300. The Labute approximate surface area is 122 Å². The highest BCUT2D eigenvalue weighted by Crippen LogP contribution is 2.29. The SMILES string of the molecule is CCN(Cc1nc(C)ccc1O)C1CCCCC1CN. The average molecular weight is 277 g/mol. The first-order chi connectivity index (χ1) is 9.65. The van der Waals surface area contributed by atoms with Gasteiger partial charge >= 0.3 is 0 Å². The van der Waals surface area contributed by atoms with E-state index >= 15 is 0 Å². The molecule has 1 saturated carbocycles. The second-order valence-corrected chi connectivity index (χ2v) is 5.83. The Hall–Kier alpha value is -1.13. The molecule has 0 spiro atoms. The molecule has 0 amide bonds. The summed E-state index contributed by atoms with van der Waals surface area (Å²) in [6, 6.07) is 4.12. The average Bonchev–Trinajstić information content (AvgIpc) is 2.48. The third-order valence-corrected chi connectivity index (χ3v) is 4.49. The number of nitrogens with two attached hydrogens (primary N) is 1. The van der Waals surface area contributed by atoms with Gasteiger partial charge in [-0.25, -0.2) is 0 Å². The zero-order valence-electron chi connectivity index (χ0n) is 12.7. The Morgan fingerprint density at radius 3 is 2.80 bits per heavy atom. The van der Waals surface area contributed by atoms with Crippen molar-refractivity contribution in [3.05, 3.63) is 23.5 Å². The summed E-state index contributed by atoms with van der Waals surface area (Å²) in [5.74, 6) is 0.879. The molecule has 0 radical (unpaired) electrons. The van der Waals surface area contributed by atoms with E-state index < -0.39 is 0 Å². The summed E-state index contributed by atoms with van der Waals surface area (Å²) in [6.07, 6.45) is 5.02. The van der Waals surface area contributed by atoms with Crippen LogP contribution < -0.4 is 5.73 Å². The molecule has 1 aromatic heterocycles. The summed E-state index contributed by atoms with van der Waals surface area (Å²) in [7, 11) is 0. The molecule has 2 rings (SSSR count). The van der Waals surface area contributed by atoms with Crippen molar-refractivity contribution in [2.75, 3.05) is 13.1 Å². The van der Waals surface area contributed by atoms with Gasteiger partial charge < -0.3 is 10.8 Å². The van der Waals surface area contributed by atoms with Crippen LogP contribution >= 0.6 is 0 Å². The van der Waals surface area contributed by atoms with Gasteiger partial charge in [-0.05, 0) is 50.9 Å². The van der Waals surface area contributed by atoms with Crippen LogP contribution in [0.1, 0.15) is 44.0 Å². The molecular weight excluding hydrogens is 250 g/mol. The summed E-state index contributed by atoms with van der Waals surface area (Å²) in [6.45, 7) is 6.58. The molecule has 1 fully saturated rings. The lowest BCUT2D eigenvalue weighted by Crippen LogP contribution is -2.44. The van der Waals surface area contributed by atoms with Gasteiger partial charge in [0.15, 0.2) is 0 Å². The zero-order chi connectivity index (χ0) is 14.5. The smallest absolute Gasteiger partial charge is 0.138 e. The Balaban J connectivity index is 2.13. The summed E-state index contributed by atoms with van der Waals surface area (Å²) < 4.78 is 0. The standard InChI is InChI=1S/C16H27N3O/c1-3-19(15-7-5-4-6-13(15)10-17)11-14-16(20)9-8-12(2)18-14/h8-9,13,15,20H,3-7,10-11,17H2,1-2H3. The minimum Gasteiger partial charge on any atom is -0.506 e. The fraction of sp³-hybridized carbons (Fsp3) is 0.688. The monoisotopic (exact) mass is 277 g/mol. The molecule has 20 heavy (non-hydrogen) atoms. The van der Waals surface area contributed by atoms with E-state index in [4.69, 9.17) is 5.73 Å². The van der Waals surface area contributed by atoms with E-state index in [2.05, 4.69) is 16.8 Å². The molecule has 3 N–H and O–H groups in total. The maximum absolute atomic E-state index is 9.99. The predicted molar refractivity (Wildman–Crippen MR) is 81.5 cm³/mol. The normalized spacial score (nSPS) is 23.2. The molecule has 4 heteroatoms. The van der Waals surface area contributed by atoms with Crippen LogP contribution in [0.4, 0.5) is 0 Å². The summed E-state index contributed by atoms with van der Waals surface area (Å²) in [5.41, 5.74) is 7.68. The highest BCUT2D eigenvalue weighted by atomic mass is 16.3. The summed E-state index contributed by atoms with van der Waals surface area (Å²) in [4.78, 5) is 6.91. The molecule has 1 aromatic rings. The van der Waals surface area contributed by atoms with E-state index in [9.17, 15) is 5.11 Å². The predicted octanol–water partition coefficient (Wildman–Crippen LogP) is 2.44. The lowest BCUT2D eigenvalue weighted by Gasteiger charge is -2.39. The molecule has 0 aliphatic heterocycles. The van der Waals surface area contributed by atoms with Crippen LogP contribution in [0, 0.1) is 12.8 Å². The topological polar surface area (TPSA) is 62.4 Å². The van der Waals surface area contributed by atoms with Gasteiger partial charge in [0.05, 0.1) is 5.69 Å². The van der Waals surface area contributed by atoms with Crippen LogP contribution in [-0.2, 0) is 6.54 Å². The van der Waals surface area contributed by atoms with Crippen molar-refractivity contribution in [1.82, 2.24) is 9.88 Å². The molecule has 1 heterocycles. The minimum absolute atomic E-state index is 0.300. The molecule has 112 valence electrons. The largest absolute Gasteiger partial charge is 0.506 e. The maximum Gasteiger partial charge on any atom is 0.138 e. The fourth-order valence-electron chi connectivity index (χ4n) is 3.32. The van der Waals surface area contributed by atoms with Crippen LogP contribution in [0.25, 0.3) is 0 Å². The third kappa shape index (κ3) is 3.49. The van der Waals surface area contributed by atoms with Gasteiger partial charge in [0.2, 0.25) is 0 Å². The Morgan fingerprint density at radius 2 is 2.10 bits per heavy atom. The van der Waals surface area contributed by atoms with Crippen molar-refractivity contribution in [3.8, 4) is 5.75 Å². The number of pyridine rings is 1. The van der Waals surface area contributed by atoms with Crippen LogP contribution in [0.15, 0.2) is 12.1 Å². The molecular formula is C16H27N3O. The molecule has 0 saturated heterocycles. The van der Waals surface area contributed by atoms with Gasteiger partial charge in [-0.2, -0.15) is 0 Å². The van der Waals surface area contributed by atoms with Crippen molar-refractivity contribution in [3.63, 3.8) is 0 Å². The van der Waals surface area contributed by atoms with Crippen molar-refractivity contribution in [2.45, 2.75) is 52.1 Å². The quantitative estimate of drug-likeness (QED) is 0.867. The zero-order valence-corrected chi connectivity index (χ0v) is 12.7. The maximum atomic E-state index is 9.99. The Bertz CT molecular complexity index is 436. The highest BCUT2D eigenvalue weighted by molar-refractivity contribution is 5.27. The van der Waals surface area contributed by atoms with Gasteiger partial charge in [-0.3, -0.25) is 9.88 Å². The van der Waals surface area contributed by atoms with Crippen LogP contribution in [0.5, 0.6) is 5.75 Å². The fourth-order valence-corrected chi connectivity index (χ4v) is 3.32. The first-order valence-electron chi connectivity index (χ1n) is 7.75. The first-order valence-corrected chi connectivity index (χ1v) is 7.75. The van der Waals surface area contributed by atoms with Crippen LogP contribution in [0.3, 0.4) is 0 Å². The number of aromatic hydroxyl groups is 1. The van der Waals surface area contributed by atoms with E-state index in [1.165, 1.54) is 25.7 Å². The molecule has 1 aliphatic carbocycles. The Kier molecular flexibility index (Phi) is 5.38. The first kappa shape index (κ1) is 15.3. The lowest BCUT2D eigenvalue weighted by atomic mass is 9.83. The van der Waals surface area contributed by atoms with E-state index in [0.29, 0.717) is 24.3 Å².